The molecule has 3 aromatic heterocycles. The predicted molar refractivity (Wildman–Crippen MR) is 75.6 cm³/mol. The van der Waals surface area contributed by atoms with Gasteiger partial charge >= 0.3 is 0 Å². The fourth-order valence-electron chi connectivity index (χ4n) is 2.16. The van der Waals surface area contributed by atoms with Gasteiger partial charge in [-0.2, -0.15) is 5.10 Å². The Labute approximate surface area is 114 Å². The van der Waals surface area contributed by atoms with Crippen molar-refractivity contribution in [1.82, 2.24) is 19.3 Å². The van der Waals surface area contributed by atoms with Crippen LogP contribution in [0.4, 0.5) is 0 Å². The monoisotopic (exact) mass is 274 g/mol. The summed E-state index contributed by atoms with van der Waals surface area (Å²) in [6.45, 7) is 4.60. The minimum atomic E-state index is 0.0172. The van der Waals surface area contributed by atoms with Crippen LogP contribution in [0.25, 0.3) is 10.2 Å². The van der Waals surface area contributed by atoms with E-state index in [0.717, 1.165) is 15.8 Å². The molecule has 3 aromatic rings. The molecule has 0 aliphatic carbocycles. The van der Waals surface area contributed by atoms with Crippen LogP contribution in [0.1, 0.15) is 18.5 Å². The highest BCUT2D eigenvalue weighted by Gasteiger charge is 2.13. The minimum absolute atomic E-state index is 0.0172. The van der Waals surface area contributed by atoms with Crippen molar-refractivity contribution in [2.24, 2.45) is 0 Å². The number of hydrogen-bond acceptors (Lipinski definition) is 4. The maximum atomic E-state index is 12.5. The van der Waals surface area contributed by atoms with E-state index in [9.17, 15) is 4.79 Å². The second-order valence-corrected chi connectivity index (χ2v) is 5.49. The molecule has 0 aliphatic heterocycles. The van der Waals surface area contributed by atoms with E-state index in [1.54, 1.807) is 17.1 Å². The molecule has 0 bridgehead atoms. The van der Waals surface area contributed by atoms with Crippen LogP contribution >= 0.6 is 11.3 Å². The summed E-state index contributed by atoms with van der Waals surface area (Å²) in [5, 5.41) is 6.87. The van der Waals surface area contributed by atoms with Gasteiger partial charge in [-0.05, 0) is 30.9 Å². The zero-order valence-corrected chi connectivity index (χ0v) is 11.6. The minimum Gasteiger partial charge on any atom is -0.294 e. The summed E-state index contributed by atoms with van der Waals surface area (Å²) in [5.41, 5.74) is 1.03. The van der Waals surface area contributed by atoms with Gasteiger partial charge in [0, 0.05) is 12.4 Å². The van der Waals surface area contributed by atoms with E-state index in [4.69, 9.17) is 0 Å². The second kappa shape index (κ2) is 4.62. The fourth-order valence-corrected chi connectivity index (χ4v) is 3.04. The van der Waals surface area contributed by atoms with Crippen LogP contribution in [-0.2, 0) is 6.54 Å². The number of fused-ring (bicyclic) bond motifs is 1. The summed E-state index contributed by atoms with van der Waals surface area (Å²) < 4.78 is 3.51. The van der Waals surface area contributed by atoms with Crippen molar-refractivity contribution < 1.29 is 0 Å². The van der Waals surface area contributed by atoms with E-state index in [1.807, 2.05) is 36.2 Å². The SMILES string of the molecule is Cc1csc2ncn(C(C)Cn3cccn3)c(=O)c12. The molecule has 0 radical (unpaired) electrons. The molecule has 1 atom stereocenters. The lowest BCUT2D eigenvalue weighted by Gasteiger charge is -2.14. The molecule has 98 valence electrons. The number of rotatable bonds is 3. The zero-order chi connectivity index (χ0) is 13.4. The third-order valence-corrected chi connectivity index (χ3v) is 4.19. The van der Waals surface area contributed by atoms with Crippen LogP contribution in [0.3, 0.4) is 0 Å². The van der Waals surface area contributed by atoms with E-state index in [1.165, 1.54) is 11.3 Å². The highest BCUT2D eigenvalue weighted by atomic mass is 32.1. The first-order chi connectivity index (χ1) is 9.16. The second-order valence-electron chi connectivity index (χ2n) is 4.63. The summed E-state index contributed by atoms with van der Waals surface area (Å²) in [6.07, 6.45) is 5.26. The van der Waals surface area contributed by atoms with Crippen LogP contribution in [0.15, 0.2) is 35.0 Å². The standard InChI is InChI=1S/C13H14N4OS/c1-9-7-19-12-11(9)13(18)17(8-14-12)10(2)6-16-5-3-4-15-16/h3-5,7-8,10H,6H2,1-2H3. The van der Waals surface area contributed by atoms with Crippen molar-refractivity contribution in [2.75, 3.05) is 0 Å². The van der Waals surface area contributed by atoms with Gasteiger partial charge in [-0.25, -0.2) is 4.98 Å². The number of hydrogen-bond donors (Lipinski definition) is 0. The van der Waals surface area contributed by atoms with Crippen molar-refractivity contribution in [3.63, 3.8) is 0 Å². The van der Waals surface area contributed by atoms with Gasteiger partial charge in [0.15, 0.2) is 0 Å². The molecule has 1 unspecified atom stereocenters. The first kappa shape index (κ1) is 12.1. The normalized spacial score (nSPS) is 12.9. The lowest BCUT2D eigenvalue weighted by Crippen LogP contribution is -2.26. The van der Waals surface area contributed by atoms with E-state index in [2.05, 4.69) is 10.1 Å². The van der Waals surface area contributed by atoms with Gasteiger partial charge < -0.3 is 0 Å². The molecular weight excluding hydrogens is 260 g/mol. The number of aromatic nitrogens is 4. The van der Waals surface area contributed by atoms with Gasteiger partial charge in [0.05, 0.1) is 24.3 Å². The summed E-state index contributed by atoms with van der Waals surface area (Å²) in [6, 6.07) is 1.89. The van der Waals surface area contributed by atoms with E-state index < -0.39 is 0 Å². The molecule has 0 saturated heterocycles. The lowest BCUT2D eigenvalue weighted by molar-refractivity contribution is 0.426. The number of aryl methyl sites for hydroxylation is 1. The predicted octanol–water partition coefficient (Wildman–Crippen LogP) is 2.22. The first-order valence-electron chi connectivity index (χ1n) is 6.09. The summed E-state index contributed by atoms with van der Waals surface area (Å²) >= 11 is 1.51. The zero-order valence-electron chi connectivity index (χ0n) is 10.8. The van der Waals surface area contributed by atoms with Gasteiger partial charge in [0.2, 0.25) is 0 Å². The van der Waals surface area contributed by atoms with Crippen molar-refractivity contribution in [2.45, 2.75) is 26.4 Å². The molecule has 0 aromatic carbocycles. The summed E-state index contributed by atoms with van der Waals surface area (Å²) in [5.74, 6) is 0. The molecule has 0 fully saturated rings. The quantitative estimate of drug-likeness (QED) is 0.736. The lowest BCUT2D eigenvalue weighted by atomic mass is 10.2. The van der Waals surface area contributed by atoms with Gasteiger partial charge in [0.25, 0.3) is 5.56 Å². The average molecular weight is 274 g/mol. The fraction of sp³-hybridized carbons (Fsp3) is 0.308. The van der Waals surface area contributed by atoms with E-state index in [-0.39, 0.29) is 11.6 Å². The molecule has 0 aliphatic rings. The molecule has 0 spiro atoms. The van der Waals surface area contributed by atoms with Crippen molar-refractivity contribution in [3.8, 4) is 0 Å². The molecule has 0 saturated carbocycles. The molecule has 0 amide bonds. The van der Waals surface area contributed by atoms with Crippen LogP contribution in [-0.4, -0.2) is 19.3 Å². The van der Waals surface area contributed by atoms with Crippen LogP contribution in [0.2, 0.25) is 0 Å². The molecular formula is C13H14N4OS. The number of thiophene rings is 1. The Morgan fingerprint density at radius 2 is 2.32 bits per heavy atom. The van der Waals surface area contributed by atoms with Gasteiger partial charge in [-0.1, -0.05) is 0 Å². The molecule has 5 nitrogen and oxygen atoms in total. The van der Waals surface area contributed by atoms with Crippen molar-refractivity contribution >= 4 is 21.6 Å². The molecule has 0 N–H and O–H groups in total. The molecule has 6 heteroatoms. The Hall–Kier alpha value is -1.95. The molecule has 3 rings (SSSR count). The maximum absolute atomic E-state index is 12.5. The average Bonchev–Trinajstić information content (AvgIpc) is 3.00. The van der Waals surface area contributed by atoms with Gasteiger partial charge in [-0.15, -0.1) is 11.3 Å². The van der Waals surface area contributed by atoms with Gasteiger partial charge in [-0.3, -0.25) is 14.0 Å². The summed E-state index contributed by atoms with van der Waals surface area (Å²) in [7, 11) is 0. The summed E-state index contributed by atoms with van der Waals surface area (Å²) in [4.78, 5) is 17.7. The number of nitrogens with zero attached hydrogens (tertiary/aromatic N) is 4. The largest absolute Gasteiger partial charge is 0.294 e. The van der Waals surface area contributed by atoms with Crippen LogP contribution in [0, 0.1) is 6.92 Å². The smallest absolute Gasteiger partial charge is 0.262 e. The Morgan fingerprint density at radius 1 is 1.47 bits per heavy atom. The maximum Gasteiger partial charge on any atom is 0.262 e. The highest BCUT2D eigenvalue weighted by Crippen LogP contribution is 2.20. The van der Waals surface area contributed by atoms with E-state index >= 15 is 0 Å². The Bertz CT molecular complexity index is 757. The first-order valence-corrected chi connectivity index (χ1v) is 6.97. The third kappa shape index (κ3) is 2.08. The third-order valence-electron chi connectivity index (χ3n) is 3.19. The van der Waals surface area contributed by atoms with Gasteiger partial charge in [0.1, 0.15) is 4.83 Å². The Morgan fingerprint density at radius 3 is 3.05 bits per heavy atom. The Kier molecular flexibility index (Phi) is 2.94. The molecule has 3 heterocycles. The highest BCUT2D eigenvalue weighted by molar-refractivity contribution is 7.16. The Balaban J connectivity index is 2.03. The van der Waals surface area contributed by atoms with Crippen LogP contribution in [0.5, 0.6) is 0 Å². The topological polar surface area (TPSA) is 52.7 Å². The molecule has 19 heavy (non-hydrogen) atoms. The van der Waals surface area contributed by atoms with Crippen molar-refractivity contribution in [1.29, 1.82) is 0 Å². The van der Waals surface area contributed by atoms with Crippen LogP contribution < -0.4 is 5.56 Å². The van der Waals surface area contributed by atoms with Crippen molar-refractivity contribution in [3.05, 3.63) is 46.1 Å². The van der Waals surface area contributed by atoms with E-state index in [0.29, 0.717) is 6.54 Å².